The summed E-state index contributed by atoms with van der Waals surface area (Å²) >= 11 is 2.42. The van der Waals surface area contributed by atoms with Crippen molar-refractivity contribution in [2.45, 2.75) is 106 Å². The van der Waals surface area contributed by atoms with Crippen molar-refractivity contribution in [2.24, 2.45) is 31.9 Å². The molecule has 2 fully saturated rings. The Kier molecular flexibility index (Phi) is 24.8. The van der Waals surface area contributed by atoms with Crippen molar-refractivity contribution < 1.29 is 175 Å². The van der Waals surface area contributed by atoms with Crippen LogP contribution < -0.4 is 0 Å². The van der Waals surface area contributed by atoms with Crippen LogP contribution in [0.2, 0.25) is 0 Å². The molecule has 11 rings (SSSR count). The number of hydrogen-bond acceptors (Lipinski definition) is 42. The van der Waals surface area contributed by atoms with Crippen LogP contribution in [-0.2, 0) is 178 Å². The van der Waals surface area contributed by atoms with Crippen molar-refractivity contribution in [3.05, 3.63) is 100 Å². The molecule has 0 N–H and O–H groups in total. The number of Topliss-reactive ketones (excluding diaryl/α,β-unsaturated/α-hetero) is 4. The Morgan fingerprint density at radius 3 is 1.01 bits per heavy atom. The number of thioether (sulfide) groups is 2. The fourth-order valence-corrected chi connectivity index (χ4v) is 16.1. The second kappa shape index (κ2) is 31.7. The number of rotatable bonds is 8. The average Bonchev–Trinajstić information content (AvgIpc) is 1.08. The first-order valence-corrected chi connectivity index (χ1v) is 39.4. The lowest BCUT2D eigenvalue weighted by Gasteiger charge is -2.39. The molecular weight excluding hydrogens is 1680 g/mol. The first kappa shape index (κ1) is 90.8. The van der Waals surface area contributed by atoms with Gasteiger partial charge in [-0.1, -0.05) is 30.5 Å². The van der Waals surface area contributed by atoms with Crippen LogP contribution in [0.1, 0.15) is 100 Å². The first-order valence-electron chi connectivity index (χ1n) is 31.9. The van der Waals surface area contributed by atoms with E-state index in [4.69, 9.17) is 28.4 Å². The molecule has 0 aliphatic carbocycles. The molecule has 620 valence electrons. The number of benzene rings is 1. The summed E-state index contributed by atoms with van der Waals surface area (Å²) in [6.45, 7) is 19.4. The predicted molar refractivity (Wildman–Crippen MR) is 376 cm³/mol. The Labute approximate surface area is 662 Å². The summed E-state index contributed by atoms with van der Waals surface area (Å²) in [6.07, 6.45) is 4.55. The molecule has 1 aromatic carbocycles. The van der Waals surface area contributed by atoms with Gasteiger partial charge in [0.1, 0.15) is 33.7 Å². The van der Waals surface area contributed by atoms with Crippen LogP contribution in [0.5, 0.6) is 0 Å². The predicted octanol–water partition coefficient (Wildman–Crippen LogP) is -2.04. The van der Waals surface area contributed by atoms with Crippen LogP contribution in [0.15, 0.2) is 110 Å². The van der Waals surface area contributed by atoms with Gasteiger partial charge in [-0.25, -0.2) is 28.0 Å². The van der Waals surface area contributed by atoms with Crippen LogP contribution in [0.4, 0.5) is 0 Å². The van der Waals surface area contributed by atoms with E-state index in [0.717, 1.165) is 73.4 Å². The van der Waals surface area contributed by atoms with E-state index in [1.54, 1.807) is 6.08 Å². The maximum Gasteiger partial charge on any atom is 0.423 e. The minimum atomic E-state index is -5.01. The molecule has 0 spiro atoms. The number of ether oxygens (including phenoxy) is 6. The second-order valence-corrected chi connectivity index (χ2v) is 34.1. The van der Waals surface area contributed by atoms with E-state index in [1.165, 1.54) is 99.5 Å². The van der Waals surface area contributed by atoms with Crippen LogP contribution in [0.25, 0.3) is 0 Å². The van der Waals surface area contributed by atoms with Crippen molar-refractivity contribution >= 4 is 199 Å². The number of allylic oxidation sites excluding steroid dienone is 4. The summed E-state index contributed by atoms with van der Waals surface area (Å²) in [7, 11) is -16.9. The lowest BCUT2D eigenvalue weighted by Crippen LogP contribution is -2.63. The second-order valence-electron chi connectivity index (χ2n) is 26.1. The molecular formula is C64H60N8O38S6. The molecule has 10 aliphatic rings. The van der Waals surface area contributed by atoms with Crippen molar-refractivity contribution in [1.82, 2.24) is 27.2 Å². The molecule has 0 bridgehead atoms. The first-order chi connectivity index (χ1) is 52.9. The summed E-state index contributed by atoms with van der Waals surface area (Å²) in [5.41, 5.74) is -8.57. The fourth-order valence-electron chi connectivity index (χ4n) is 10.3. The molecule has 0 radical (unpaired) electrons. The zero-order valence-corrected chi connectivity index (χ0v) is 67.3. The molecule has 10 aliphatic heterocycles. The van der Waals surface area contributed by atoms with E-state index in [1.807, 2.05) is 0 Å². The third-order valence-corrected chi connectivity index (χ3v) is 23.8. The van der Waals surface area contributed by atoms with Crippen LogP contribution in [-0.4, -0.2) is 233 Å². The Bertz CT molecular complexity index is 5280. The van der Waals surface area contributed by atoms with Crippen LogP contribution in [0, 0.1) is 21.7 Å². The van der Waals surface area contributed by atoms with Gasteiger partial charge in [0.05, 0.1) is 28.5 Å². The summed E-state index contributed by atoms with van der Waals surface area (Å²) in [5, 5.41) is 9.73. The van der Waals surface area contributed by atoms with E-state index in [2.05, 4.69) is 29.3 Å². The summed E-state index contributed by atoms with van der Waals surface area (Å²) in [4.78, 5) is 254. The Morgan fingerprint density at radius 2 is 0.733 bits per heavy atom. The number of fused-ring (bicyclic) bond motifs is 1. The number of amides is 10. The highest BCUT2D eigenvalue weighted by Gasteiger charge is 2.68. The number of imide groups is 4. The normalized spacial score (nSPS) is 23.6. The van der Waals surface area contributed by atoms with Crippen molar-refractivity contribution in [3.63, 3.8) is 0 Å². The zero-order valence-electron chi connectivity index (χ0n) is 62.4. The Balaban J connectivity index is 0.000000202. The number of esters is 6. The van der Waals surface area contributed by atoms with Crippen molar-refractivity contribution in [3.8, 4) is 0 Å². The number of ketones is 4. The number of sulfonamides is 1. The summed E-state index contributed by atoms with van der Waals surface area (Å²) in [6, 6.07) is 4.78. The van der Waals surface area contributed by atoms with Gasteiger partial charge in [0.2, 0.25) is 39.1 Å². The van der Waals surface area contributed by atoms with Gasteiger partial charge in [-0.2, -0.15) is 39.8 Å². The van der Waals surface area contributed by atoms with Gasteiger partial charge in [0, 0.05) is 71.0 Å². The molecule has 10 heterocycles. The molecule has 2 unspecified atom stereocenters. The summed E-state index contributed by atoms with van der Waals surface area (Å²) in [5.74, 6) is -31.0. The minimum absolute atomic E-state index is 0.172. The standard InChI is InChI=1S/C16H18O10.C14H18N4O4.C13H8N2O9S2.C11H8O5S2.C10H8N2O10S2/c1-13(2)23-9(19)15(5,10(20)24-13)7(17)8(18)16(6)11(21)25-14(3,4)26-12(16)22;1-7-13(3,11(21)17(5)15-7)9(19)10(20)14(4)8(2)16-18(6)12(14)22;1-7-6-10(16)14(26(22,23)24-7)12(18)13(19)15-11(17)8-4-2-3-5-9(8)25(15,20)21;1-6-2-7(4-17-6)15-10(13)11(14)16-8-3-9(12)18-5-8;1-5-3-7(13)11(23(17,18)21-5)9(15)10(16)12-8(14)4-6(2)22-24(12,19)20/h1-6H3;1-6H3;2-6H,1H3;2-3H,1,4-5H2;3-4H,1-2H3. The molecule has 0 saturated carbocycles. The smallest absolute Gasteiger partial charge is 0.422 e. The van der Waals surface area contributed by atoms with Gasteiger partial charge >= 0.3 is 90.4 Å². The van der Waals surface area contributed by atoms with Crippen molar-refractivity contribution in [2.75, 3.05) is 25.6 Å². The van der Waals surface area contributed by atoms with Gasteiger partial charge < -0.3 is 41.0 Å². The molecule has 116 heavy (non-hydrogen) atoms. The molecule has 52 heteroatoms. The highest BCUT2D eigenvalue weighted by molar-refractivity contribution is 8.14. The highest BCUT2D eigenvalue weighted by Crippen LogP contribution is 2.41. The molecule has 2 atom stereocenters. The number of hydrazone groups is 2. The summed E-state index contributed by atoms with van der Waals surface area (Å²) < 4.78 is 135. The van der Waals surface area contributed by atoms with Crippen LogP contribution in [0.3, 0.4) is 0 Å². The Hall–Kier alpha value is -12.4. The van der Waals surface area contributed by atoms with Gasteiger partial charge in [0.15, 0.2) is 10.8 Å². The largest absolute Gasteiger partial charge is 0.423 e. The van der Waals surface area contributed by atoms with E-state index < -0.39 is 210 Å². The van der Waals surface area contributed by atoms with Gasteiger partial charge in [-0.15, -0.1) is 24.7 Å². The lowest BCUT2D eigenvalue weighted by molar-refractivity contribution is -0.252. The Morgan fingerprint density at radius 1 is 0.431 bits per heavy atom. The highest BCUT2D eigenvalue weighted by atomic mass is 32.2. The number of hydrogen-bond donors (Lipinski definition) is 0. The molecule has 46 nitrogen and oxygen atoms in total. The molecule has 10 amide bonds. The SMILES string of the molecule is C=C1C=C(OC(=O)C(=O)OC2=CC(=O)SC2)CS1.CC1(C)OC(=O)C(C)(C(=O)C(=O)C2(C)C(=O)OC(C)(C)OC2=O)C(=O)O1.CC1=CC(=O)N(C(=O)C(=O)N2C(=O)C=C(C)OS2(=O)=O)S(=O)(=O)O1.CC1=CC(=O)N(C(=O)C(=O)N2C(=O)c3ccccc3S2(=O)=O)S(=O)(=O)O1.CC1=NN(C)C(=O)C1(C)C(=O)C(=O)C1(C)C(=O)N(C)N=C1C. The third kappa shape index (κ3) is 17.0. The van der Waals surface area contributed by atoms with E-state index in [-0.39, 0.29) is 55.2 Å². The quantitative estimate of drug-likeness (QED) is 0.117. The number of carbonyl (C=O) groups excluding carboxylic acids is 21. The number of carbonyl (C=O) groups is 21. The van der Waals surface area contributed by atoms with Crippen molar-refractivity contribution in [1.29, 1.82) is 0 Å². The van der Waals surface area contributed by atoms with Gasteiger partial charge in [0.25, 0.3) is 57.0 Å². The average molecular weight is 1740 g/mol. The van der Waals surface area contributed by atoms with E-state index in [9.17, 15) is 134 Å². The fraction of sp³-hybridized carbons (Fsp3) is 0.359. The van der Waals surface area contributed by atoms with E-state index >= 15 is 0 Å². The molecule has 1 aromatic rings. The number of nitrogens with zero attached hydrogens (tertiary/aromatic N) is 8. The van der Waals surface area contributed by atoms with Gasteiger partial charge in [-0.3, -0.25) is 91.1 Å². The topological polar surface area (TPSA) is 622 Å². The minimum Gasteiger partial charge on any atom is -0.422 e. The van der Waals surface area contributed by atoms with E-state index in [0.29, 0.717) is 29.7 Å². The van der Waals surface area contributed by atoms with Gasteiger partial charge in [-0.05, 0) is 80.5 Å². The maximum atomic E-state index is 12.7. The molecule has 2 saturated heterocycles. The van der Waals surface area contributed by atoms with Crippen LogP contribution >= 0.6 is 23.5 Å². The maximum absolute atomic E-state index is 12.7. The number of cyclic esters (lactones) is 4. The lowest BCUT2D eigenvalue weighted by atomic mass is 9.71. The monoisotopic (exact) mass is 1740 g/mol. The third-order valence-electron chi connectivity index (χ3n) is 16.6. The molecule has 0 aromatic heterocycles. The zero-order chi connectivity index (χ0) is 88.3.